The van der Waals surface area contributed by atoms with Crippen LogP contribution in [0.25, 0.3) is 0 Å². The SMILES string of the molecule is O=C(NCCC1CCCCC1)[C@@H]1C[C@H](O)CN1CC1CCOCC1. The van der Waals surface area contributed by atoms with Gasteiger partial charge in [-0.25, -0.2) is 0 Å². The van der Waals surface area contributed by atoms with Gasteiger partial charge >= 0.3 is 0 Å². The van der Waals surface area contributed by atoms with E-state index < -0.39 is 0 Å². The van der Waals surface area contributed by atoms with Gasteiger partial charge in [0.1, 0.15) is 0 Å². The number of aliphatic hydroxyl groups excluding tert-OH is 1. The van der Waals surface area contributed by atoms with Crippen LogP contribution in [0.5, 0.6) is 0 Å². The van der Waals surface area contributed by atoms with Crippen molar-refractivity contribution in [3.05, 3.63) is 0 Å². The Bertz CT molecular complexity index is 392. The summed E-state index contributed by atoms with van der Waals surface area (Å²) in [6.07, 6.45) is 10.2. The molecule has 2 aliphatic heterocycles. The van der Waals surface area contributed by atoms with Crippen molar-refractivity contribution in [3.63, 3.8) is 0 Å². The van der Waals surface area contributed by atoms with Crippen molar-refractivity contribution in [2.75, 3.05) is 32.8 Å². The average molecular weight is 338 g/mol. The zero-order chi connectivity index (χ0) is 16.8. The Morgan fingerprint density at radius 3 is 2.58 bits per heavy atom. The Kier molecular flexibility index (Phi) is 6.93. The largest absolute Gasteiger partial charge is 0.392 e. The molecule has 138 valence electrons. The summed E-state index contributed by atoms with van der Waals surface area (Å²) in [6, 6.07) is -0.144. The van der Waals surface area contributed by atoms with E-state index in [9.17, 15) is 9.90 Å². The van der Waals surface area contributed by atoms with Crippen LogP contribution in [0.2, 0.25) is 0 Å². The molecule has 2 atom stereocenters. The summed E-state index contributed by atoms with van der Waals surface area (Å²) >= 11 is 0. The highest BCUT2D eigenvalue weighted by Gasteiger charge is 2.37. The van der Waals surface area contributed by atoms with Crippen LogP contribution < -0.4 is 5.32 Å². The normalized spacial score (nSPS) is 30.5. The molecule has 2 heterocycles. The summed E-state index contributed by atoms with van der Waals surface area (Å²) in [5.41, 5.74) is 0. The highest BCUT2D eigenvalue weighted by atomic mass is 16.5. The second-order valence-electron chi connectivity index (χ2n) is 8.00. The summed E-state index contributed by atoms with van der Waals surface area (Å²) in [4.78, 5) is 14.8. The number of likely N-dealkylation sites (tertiary alicyclic amines) is 1. The smallest absolute Gasteiger partial charge is 0.237 e. The quantitative estimate of drug-likeness (QED) is 0.777. The summed E-state index contributed by atoms with van der Waals surface area (Å²) in [5.74, 6) is 1.52. The number of ether oxygens (including phenoxy) is 1. The van der Waals surface area contributed by atoms with Crippen LogP contribution in [-0.2, 0) is 9.53 Å². The van der Waals surface area contributed by atoms with Crippen LogP contribution in [0.15, 0.2) is 0 Å². The van der Waals surface area contributed by atoms with Crippen molar-refractivity contribution in [1.29, 1.82) is 0 Å². The van der Waals surface area contributed by atoms with E-state index in [2.05, 4.69) is 10.2 Å². The number of hydrogen-bond acceptors (Lipinski definition) is 4. The Hall–Kier alpha value is -0.650. The first-order valence-corrected chi connectivity index (χ1v) is 10.00. The van der Waals surface area contributed by atoms with Crippen molar-refractivity contribution in [2.24, 2.45) is 11.8 Å². The number of carbonyl (C=O) groups excluding carboxylic acids is 1. The van der Waals surface area contributed by atoms with Gasteiger partial charge in [0.05, 0.1) is 12.1 Å². The lowest BCUT2D eigenvalue weighted by Crippen LogP contribution is -2.45. The van der Waals surface area contributed by atoms with Gasteiger partial charge in [-0.1, -0.05) is 32.1 Å². The summed E-state index contributed by atoms with van der Waals surface area (Å²) < 4.78 is 5.42. The molecule has 2 N–H and O–H groups in total. The maximum Gasteiger partial charge on any atom is 0.237 e. The molecule has 3 fully saturated rings. The Morgan fingerprint density at radius 1 is 1.08 bits per heavy atom. The van der Waals surface area contributed by atoms with E-state index in [4.69, 9.17) is 4.74 Å². The number of amides is 1. The van der Waals surface area contributed by atoms with Crippen molar-refractivity contribution >= 4 is 5.91 Å². The van der Waals surface area contributed by atoms with Crippen molar-refractivity contribution in [3.8, 4) is 0 Å². The molecule has 0 unspecified atom stereocenters. The Balaban J connectivity index is 1.42. The van der Waals surface area contributed by atoms with Crippen molar-refractivity contribution < 1.29 is 14.6 Å². The predicted octanol–water partition coefficient (Wildman–Crippen LogP) is 1.93. The molecule has 3 aliphatic rings. The fourth-order valence-corrected chi connectivity index (χ4v) is 4.61. The zero-order valence-electron chi connectivity index (χ0n) is 14.9. The highest BCUT2D eigenvalue weighted by molar-refractivity contribution is 5.82. The average Bonchev–Trinajstić information content (AvgIpc) is 2.97. The molecule has 0 radical (unpaired) electrons. The topological polar surface area (TPSA) is 61.8 Å². The number of nitrogens with zero attached hydrogens (tertiary/aromatic N) is 1. The molecule has 0 aromatic carbocycles. The molecule has 0 spiro atoms. The second kappa shape index (κ2) is 9.16. The van der Waals surface area contributed by atoms with Crippen LogP contribution >= 0.6 is 0 Å². The van der Waals surface area contributed by atoms with E-state index in [0.29, 0.717) is 18.9 Å². The maximum absolute atomic E-state index is 12.6. The minimum atomic E-state index is -0.362. The van der Waals surface area contributed by atoms with E-state index >= 15 is 0 Å². The predicted molar refractivity (Wildman–Crippen MR) is 93.7 cm³/mol. The fourth-order valence-electron chi connectivity index (χ4n) is 4.61. The lowest BCUT2D eigenvalue weighted by atomic mass is 9.87. The molecule has 5 heteroatoms. The molecule has 1 aliphatic carbocycles. The molecule has 0 bridgehead atoms. The third kappa shape index (κ3) is 5.17. The van der Waals surface area contributed by atoms with Crippen molar-refractivity contribution in [2.45, 2.75) is 69.9 Å². The van der Waals surface area contributed by atoms with Gasteiger partial charge in [-0.3, -0.25) is 9.69 Å². The van der Waals surface area contributed by atoms with E-state index in [1.165, 1.54) is 32.1 Å². The summed E-state index contributed by atoms with van der Waals surface area (Å²) in [6.45, 7) is 4.01. The molecule has 5 nitrogen and oxygen atoms in total. The molecule has 24 heavy (non-hydrogen) atoms. The van der Waals surface area contributed by atoms with Gasteiger partial charge in [-0.15, -0.1) is 0 Å². The van der Waals surface area contributed by atoms with Gasteiger partial charge in [0, 0.05) is 32.8 Å². The fraction of sp³-hybridized carbons (Fsp3) is 0.947. The van der Waals surface area contributed by atoms with Gasteiger partial charge in [0.15, 0.2) is 0 Å². The number of rotatable bonds is 6. The van der Waals surface area contributed by atoms with E-state index in [1.807, 2.05) is 0 Å². The first kappa shape index (κ1) is 18.2. The molecule has 2 saturated heterocycles. The monoisotopic (exact) mass is 338 g/mol. The van der Waals surface area contributed by atoms with E-state index in [-0.39, 0.29) is 18.1 Å². The third-order valence-corrected chi connectivity index (χ3v) is 6.09. The first-order valence-electron chi connectivity index (χ1n) is 10.00. The maximum atomic E-state index is 12.6. The summed E-state index contributed by atoms with van der Waals surface area (Å²) in [7, 11) is 0. The van der Waals surface area contributed by atoms with Crippen LogP contribution in [-0.4, -0.2) is 60.9 Å². The van der Waals surface area contributed by atoms with E-state index in [1.54, 1.807) is 0 Å². The molecular formula is C19H34N2O3. The lowest BCUT2D eigenvalue weighted by Gasteiger charge is -2.30. The Morgan fingerprint density at radius 2 is 1.83 bits per heavy atom. The number of aliphatic hydroxyl groups is 1. The molecule has 1 saturated carbocycles. The van der Waals surface area contributed by atoms with Crippen LogP contribution in [0.3, 0.4) is 0 Å². The number of hydrogen-bond donors (Lipinski definition) is 2. The minimum Gasteiger partial charge on any atom is -0.392 e. The van der Waals surface area contributed by atoms with Crippen LogP contribution in [0.1, 0.15) is 57.8 Å². The van der Waals surface area contributed by atoms with Crippen molar-refractivity contribution in [1.82, 2.24) is 10.2 Å². The van der Waals surface area contributed by atoms with Gasteiger partial charge in [-0.2, -0.15) is 0 Å². The van der Waals surface area contributed by atoms with Crippen LogP contribution in [0, 0.1) is 11.8 Å². The number of nitrogens with one attached hydrogen (secondary N) is 1. The lowest BCUT2D eigenvalue weighted by molar-refractivity contribution is -0.125. The molecule has 0 aromatic rings. The van der Waals surface area contributed by atoms with Crippen LogP contribution in [0.4, 0.5) is 0 Å². The van der Waals surface area contributed by atoms with Gasteiger partial charge in [-0.05, 0) is 37.5 Å². The molecular weight excluding hydrogens is 304 g/mol. The number of β-amino-alcohol motifs (C(OH)–C–C–N with tert-alkyl or cyclic N) is 1. The number of carbonyl (C=O) groups is 1. The standard InChI is InChI=1S/C19H34N2O3/c22-17-12-18(21(14-17)13-16-7-10-24-11-8-16)19(23)20-9-6-15-4-2-1-3-5-15/h15-18,22H,1-14H2,(H,20,23)/t17-,18-/m0/s1. The molecule has 3 rings (SSSR count). The zero-order valence-corrected chi connectivity index (χ0v) is 14.9. The minimum absolute atomic E-state index is 0.120. The van der Waals surface area contributed by atoms with Gasteiger partial charge < -0.3 is 15.2 Å². The second-order valence-corrected chi connectivity index (χ2v) is 8.00. The third-order valence-electron chi connectivity index (χ3n) is 6.09. The highest BCUT2D eigenvalue weighted by Crippen LogP contribution is 2.26. The first-order chi connectivity index (χ1) is 11.7. The van der Waals surface area contributed by atoms with E-state index in [0.717, 1.165) is 51.5 Å². The molecule has 1 amide bonds. The summed E-state index contributed by atoms with van der Waals surface area (Å²) in [5, 5.41) is 13.2. The van der Waals surface area contributed by atoms with Gasteiger partial charge in [0.25, 0.3) is 0 Å². The Labute approximate surface area is 146 Å². The molecule has 0 aromatic heterocycles. The van der Waals surface area contributed by atoms with Gasteiger partial charge in [0.2, 0.25) is 5.91 Å².